The number of nitriles is 2. The predicted molar refractivity (Wildman–Crippen MR) is 47.6 cm³/mol. The molecule has 5 nitrogen and oxygen atoms in total. The molecule has 1 N–H and O–H groups in total. The zero-order chi connectivity index (χ0) is 11.3. The van der Waals surface area contributed by atoms with Crippen LogP contribution in [-0.4, -0.2) is 11.8 Å². The van der Waals surface area contributed by atoms with E-state index in [1.54, 1.807) is 0 Å². The molecule has 0 aromatic carbocycles. The van der Waals surface area contributed by atoms with E-state index in [-0.39, 0.29) is 0 Å². The predicted octanol–water partition coefficient (Wildman–Crippen LogP) is 0.0927. The van der Waals surface area contributed by atoms with Crippen molar-refractivity contribution in [2.24, 2.45) is 16.7 Å². The second-order valence-electron chi connectivity index (χ2n) is 3.96. The van der Waals surface area contributed by atoms with E-state index in [0.717, 1.165) is 6.42 Å². The third-order valence-electron chi connectivity index (χ3n) is 3.46. The SMILES string of the molecule is CCCC1[C@]2(C#N)C(=O)NC(=O)[C@]12C#N. The van der Waals surface area contributed by atoms with Crippen molar-refractivity contribution in [2.75, 3.05) is 0 Å². The summed E-state index contributed by atoms with van der Waals surface area (Å²) in [5.74, 6) is -1.63. The Balaban J connectivity index is 2.51. The molecule has 2 amide bonds. The fraction of sp³-hybridized carbons (Fsp3) is 0.600. The van der Waals surface area contributed by atoms with Gasteiger partial charge in [-0.2, -0.15) is 10.5 Å². The Hall–Kier alpha value is -1.88. The van der Waals surface area contributed by atoms with Crippen molar-refractivity contribution in [3.05, 3.63) is 0 Å². The molecule has 2 fully saturated rings. The molecule has 1 saturated carbocycles. The molecule has 1 unspecified atom stereocenters. The van der Waals surface area contributed by atoms with Crippen LogP contribution >= 0.6 is 0 Å². The number of carbonyl (C=O) groups excluding carboxylic acids is 2. The van der Waals surface area contributed by atoms with E-state index in [0.29, 0.717) is 6.42 Å². The smallest absolute Gasteiger partial charge is 0.249 e. The van der Waals surface area contributed by atoms with E-state index < -0.39 is 28.6 Å². The fourth-order valence-electron chi connectivity index (χ4n) is 2.68. The van der Waals surface area contributed by atoms with Crippen molar-refractivity contribution in [3.8, 4) is 12.1 Å². The highest BCUT2D eigenvalue weighted by atomic mass is 16.2. The van der Waals surface area contributed by atoms with Gasteiger partial charge in [-0.05, 0) is 6.42 Å². The van der Waals surface area contributed by atoms with E-state index in [9.17, 15) is 9.59 Å². The molecule has 0 radical (unpaired) electrons. The van der Waals surface area contributed by atoms with Gasteiger partial charge >= 0.3 is 0 Å². The third-order valence-corrected chi connectivity index (χ3v) is 3.46. The minimum absolute atomic E-state index is 0.425. The number of piperidine rings is 1. The average molecular weight is 203 g/mol. The maximum atomic E-state index is 11.5. The van der Waals surface area contributed by atoms with Crippen LogP contribution in [0.5, 0.6) is 0 Å². The van der Waals surface area contributed by atoms with Crippen molar-refractivity contribution in [1.29, 1.82) is 10.5 Å². The lowest BCUT2D eigenvalue weighted by Gasteiger charge is -2.04. The van der Waals surface area contributed by atoms with E-state index in [2.05, 4.69) is 5.32 Å². The molecule has 1 aliphatic carbocycles. The first-order valence-electron chi connectivity index (χ1n) is 4.80. The monoisotopic (exact) mass is 203 g/mol. The van der Waals surface area contributed by atoms with Gasteiger partial charge in [0.1, 0.15) is 0 Å². The summed E-state index contributed by atoms with van der Waals surface area (Å²) in [5, 5.41) is 20.1. The van der Waals surface area contributed by atoms with Crippen molar-refractivity contribution < 1.29 is 9.59 Å². The van der Waals surface area contributed by atoms with Gasteiger partial charge in [0.25, 0.3) is 0 Å². The summed E-state index contributed by atoms with van der Waals surface area (Å²) in [7, 11) is 0. The van der Waals surface area contributed by atoms with Gasteiger partial charge < -0.3 is 0 Å². The summed E-state index contributed by atoms with van der Waals surface area (Å²) >= 11 is 0. The van der Waals surface area contributed by atoms with Crippen LogP contribution in [0.25, 0.3) is 0 Å². The van der Waals surface area contributed by atoms with Gasteiger partial charge in [-0.25, -0.2) is 0 Å². The average Bonchev–Trinajstić information content (AvgIpc) is 2.74. The van der Waals surface area contributed by atoms with E-state index in [4.69, 9.17) is 10.5 Å². The molecule has 0 spiro atoms. The van der Waals surface area contributed by atoms with Crippen molar-refractivity contribution in [3.63, 3.8) is 0 Å². The normalized spacial score (nSPS) is 41.4. The molecule has 0 bridgehead atoms. The van der Waals surface area contributed by atoms with Gasteiger partial charge in [-0.15, -0.1) is 0 Å². The topological polar surface area (TPSA) is 93.8 Å². The van der Waals surface area contributed by atoms with Crippen molar-refractivity contribution in [1.82, 2.24) is 5.32 Å². The Morgan fingerprint density at radius 2 is 1.73 bits per heavy atom. The van der Waals surface area contributed by atoms with Gasteiger partial charge in [0.05, 0.1) is 12.1 Å². The number of imide groups is 1. The minimum Gasteiger partial charge on any atom is -0.294 e. The number of hydrogen-bond donors (Lipinski definition) is 1. The molecule has 2 rings (SSSR count). The molecule has 15 heavy (non-hydrogen) atoms. The second kappa shape index (κ2) is 2.58. The van der Waals surface area contributed by atoms with Crippen LogP contribution in [-0.2, 0) is 9.59 Å². The van der Waals surface area contributed by atoms with Crippen molar-refractivity contribution in [2.45, 2.75) is 19.8 Å². The van der Waals surface area contributed by atoms with Gasteiger partial charge in [-0.1, -0.05) is 13.3 Å². The quantitative estimate of drug-likeness (QED) is 0.643. The number of rotatable bonds is 2. The van der Waals surface area contributed by atoms with Crippen LogP contribution in [0.15, 0.2) is 0 Å². The van der Waals surface area contributed by atoms with E-state index in [1.807, 2.05) is 19.1 Å². The fourth-order valence-corrected chi connectivity index (χ4v) is 2.68. The third kappa shape index (κ3) is 0.700. The van der Waals surface area contributed by atoms with Crippen LogP contribution < -0.4 is 5.32 Å². The van der Waals surface area contributed by atoms with Crippen LogP contribution in [0, 0.1) is 39.4 Å². The number of nitrogens with one attached hydrogen (secondary N) is 1. The molecular formula is C10H9N3O2. The molecule has 0 aromatic rings. The van der Waals surface area contributed by atoms with E-state index >= 15 is 0 Å². The highest BCUT2D eigenvalue weighted by Gasteiger charge is 2.89. The highest BCUT2D eigenvalue weighted by molar-refractivity contribution is 6.18. The van der Waals surface area contributed by atoms with E-state index in [1.165, 1.54) is 0 Å². The summed E-state index contributed by atoms with van der Waals surface area (Å²) in [6.07, 6.45) is 1.30. The first kappa shape index (κ1) is 9.67. The second-order valence-corrected chi connectivity index (χ2v) is 3.96. The maximum absolute atomic E-state index is 11.5. The summed E-state index contributed by atoms with van der Waals surface area (Å²) in [5.41, 5.74) is -2.82. The zero-order valence-electron chi connectivity index (χ0n) is 8.20. The molecule has 2 aliphatic rings. The van der Waals surface area contributed by atoms with Gasteiger partial charge in [0, 0.05) is 5.92 Å². The van der Waals surface area contributed by atoms with Crippen LogP contribution in [0.2, 0.25) is 0 Å². The Morgan fingerprint density at radius 1 is 1.27 bits per heavy atom. The van der Waals surface area contributed by atoms with Gasteiger partial charge in [0.2, 0.25) is 11.8 Å². The van der Waals surface area contributed by atoms with Gasteiger partial charge in [-0.3, -0.25) is 14.9 Å². The Morgan fingerprint density at radius 3 is 2.07 bits per heavy atom. The molecule has 0 aromatic heterocycles. The van der Waals surface area contributed by atoms with Crippen molar-refractivity contribution >= 4 is 11.8 Å². The molecule has 76 valence electrons. The summed E-state index contributed by atoms with van der Waals surface area (Å²) in [4.78, 5) is 23.0. The Labute approximate surface area is 86.7 Å². The van der Waals surface area contributed by atoms with Gasteiger partial charge in [0.15, 0.2) is 10.8 Å². The van der Waals surface area contributed by atoms with Crippen LogP contribution in [0.4, 0.5) is 0 Å². The van der Waals surface area contributed by atoms with Crippen LogP contribution in [0.1, 0.15) is 19.8 Å². The standard InChI is InChI=1S/C10H9N3O2/c1-2-3-6-9(4-11)7(14)13-8(15)10(6,9)5-12/h6H,2-3H2,1H3,(H,13,14,15)/t6?,9-,10+. The number of nitrogens with zero attached hydrogens (tertiary/aromatic N) is 2. The zero-order valence-corrected chi connectivity index (χ0v) is 8.20. The first-order chi connectivity index (χ1) is 7.11. The molecule has 5 heteroatoms. The number of carbonyl (C=O) groups is 2. The maximum Gasteiger partial charge on any atom is 0.249 e. The summed E-state index contributed by atoms with van der Waals surface area (Å²) in [6.45, 7) is 1.90. The molecule has 1 saturated heterocycles. The number of hydrogen-bond acceptors (Lipinski definition) is 4. The Bertz CT molecular complexity index is 407. The Kier molecular flexibility index (Phi) is 1.66. The molecule has 1 aliphatic heterocycles. The summed E-state index contributed by atoms with van der Waals surface area (Å²) < 4.78 is 0. The summed E-state index contributed by atoms with van der Waals surface area (Å²) in [6, 6.07) is 3.73. The number of amides is 2. The molecule has 1 heterocycles. The largest absolute Gasteiger partial charge is 0.294 e. The lowest BCUT2D eigenvalue weighted by Crippen LogP contribution is -2.32. The highest BCUT2D eigenvalue weighted by Crippen LogP contribution is 2.73. The lowest BCUT2D eigenvalue weighted by atomic mass is 9.98. The minimum atomic E-state index is -1.41. The first-order valence-corrected chi connectivity index (χ1v) is 4.80. The van der Waals surface area contributed by atoms with Crippen LogP contribution in [0.3, 0.4) is 0 Å². The number of fused-ring (bicyclic) bond motifs is 1. The molecular weight excluding hydrogens is 194 g/mol. The molecule has 3 atom stereocenters. The lowest BCUT2D eigenvalue weighted by molar-refractivity contribution is -0.129.